The summed E-state index contributed by atoms with van der Waals surface area (Å²) in [6, 6.07) is 20.4. The van der Waals surface area contributed by atoms with Crippen molar-refractivity contribution in [2.24, 2.45) is 10.8 Å². The molecule has 14 nitrogen and oxygen atoms in total. The van der Waals surface area contributed by atoms with Crippen LogP contribution in [0.1, 0.15) is 89.3 Å². The Balaban J connectivity index is 0.817. The molecule has 1 aliphatic carbocycles. The first-order valence-corrected chi connectivity index (χ1v) is 20.4. The fraction of sp³-hybridized carbons (Fsp3) is 0.400. The highest BCUT2D eigenvalue weighted by Gasteiger charge is 2.64. The summed E-state index contributed by atoms with van der Waals surface area (Å²) in [4.78, 5) is 54.3. The zero-order chi connectivity index (χ0) is 42.8. The van der Waals surface area contributed by atoms with E-state index in [4.69, 9.17) is 31.1 Å². The second-order valence-electron chi connectivity index (χ2n) is 16.4. The number of carbonyl (C=O) groups excluding carboxylic acids is 3. The number of nitriles is 2. The summed E-state index contributed by atoms with van der Waals surface area (Å²) in [6.07, 6.45) is 4.28. The predicted molar refractivity (Wildman–Crippen MR) is 225 cm³/mol. The monoisotopic (exact) mass is 830 g/mol. The number of hydrogen-bond acceptors (Lipinski definition) is 12. The molecule has 4 heterocycles. The third-order valence-corrected chi connectivity index (χ3v) is 12.1. The summed E-state index contributed by atoms with van der Waals surface area (Å²) < 4.78 is 17.6. The number of fused-ring (bicyclic) bond motifs is 1. The molecule has 1 saturated heterocycles. The Labute approximate surface area is 354 Å². The minimum absolute atomic E-state index is 0.0157. The summed E-state index contributed by atoms with van der Waals surface area (Å²) in [7, 11) is 1.37. The van der Waals surface area contributed by atoms with Crippen LogP contribution < -0.4 is 29.3 Å². The van der Waals surface area contributed by atoms with Gasteiger partial charge in [0, 0.05) is 55.3 Å². The molecule has 2 aliphatic heterocycles. The smallest absolute Gasteiger partial charge is 0.266 e. The van der Waals surface area contributed by atoms with E-state index in [1.165, 1.54) is 19.2 Å². The number of piperazine rings is 1. The Hall–Kier alpha value is -6.22. The van der Waals surface area contributed by atoms with Gasteiger partial charge in [0.15, 0.2) is 0 Å². The summed E-state index contributed by atoms with van der Waals surface area (Å²) in [5.74, 6) is 0.784. The lowest BCUT2D eigenvalue weighted by atomic mass is 9.49. The zero-order valence-corrected chi connectivity index (χ0v) is 35.1. The molecule has 0 spiro atoms. The number of unbranched alkanes of at least 4 members (excludes halogenated alkanes) is 2. The maximum Gasteiger partial charge on any atom is 0.266 e. The largest absolute Gasteiger partial charge is 0.494 e. The van der Waals surface area contributed by atoms with E-state index in [0.717, 1.165) is 62.7 Å². The van der Waals surface area contributed by atoms with Crippen molar-refractivity contribution < 1.29 is 28.6 Å². The maximum atomic E-state index is 13.4. The van der Waals surface area contributed by atoms with Crippen LogP contribution in [0.2, 0.25) is 5.02 Å². The van der Waals surface area contributed by atoms with Gasteiger partial charge in [-0.05, 0) is 80.4 Å². The van der Waals surface area contributed by atoms with Crippen LogP contribution in [0.4, 0.5) is 11.5 Å². The number of nitrogens with zero attached hydrogens (tertiary/aromatic N) is 7. The molecule has 0 unspecified atom stereocenters. The van der Waals surface area contributed by atoms with Gasteiger partial charge >= 0.3 is 0 Å². The van der Waals surface area contributed by atoms with Crippen molar-refractivity contribution in [1.29, 1.82) is 10.5 Å². The lowest BCUT2D eigenvalue weighted by molar-refractivity contribution is -0.164. The molecule has 7 rings (SSSR count). The lowest BCUT2D eigenvalue weighted by Crippen LogP contribution is -2.74. The van der Waals surface area contributed by atoms with Crippen LogP contribution in [0.5, 0.6) is 17.4 Å². The molecule has 3 amide bonds. The van der Waals surface area contributed by atoms with E-state index < -0.39 is 11.8 Å². The van der Waals surface area contributed by atoms with Gasteiger partial charge in [-0.3, -0.25) is 19.3 Å². The van der Waals surface area contributed by atoms with Gasteiger partial charge in [0.1, 0.15) is 46.9 Å². The van der Waals surface area contributed by atoms with E-state index >= 15 is 0 Å². The third kappa shape index (κ3) is 8.18. The fourth-order valence-corrected chi connectivity index (χ4v) is 9.08. The SMILES string of the molecule is COc1nc(C#N)ccc1N1C(=O)c2ccc(OCCCCCN3CCN(c4ccc(C(=O)NC5C(C)(C)C(Oc6ccc(C#N)c(Cl)c6)C5(C)C)cn4)CC3)cc2C1=O. The number of pyridine rings is 2. The van der Waals surface area contributed by atoms with Crippen molar-refractivity contribution >= 4 is 40.8 Å². The van der Waals surface area contributed by atoms with E-state index in [1.54, 1.807) is 42.6 Å². The molecule has 1 saturated carbocycles. The van der Waals surface area contributed by atoms with Crippen molar-refractivity contribution in [3.8, 4) is 29.5 Å². The molecule has 0 radical (unpaired) electrons. The standard InChI is InChI=1S/C45H47ClN8O6/c1-44(2)42(45(3,4)43(44)60-32-12-9-28(25-47)35(46)24-32)51-38(55)29-10-16-37(49-27-29)53-20-18-52(19-21-53)17-7-6-8-22-59-31-13-14-33-34(23-31)41(57)54(40(33)56)36-15-11-30(26-48)50-39(36)58-5/h9-16,23-24,27,42-43H,6-8,17-22H2,1-5H3,(H,51,55). The molecule has 60 heavy (non-hydrogen) atoms. The predicted octanol–water partition coefficient (Wildman–Crippen LogP) is 6.67. The highest BCUT2D eigenvalue weighted by Crippen LogP contribution is 2.55. The zero-order valence-electron chi connectivity index (χ0n) is 34.3. The van der Waals surface area contributed by atoms with Gasteiger partial charge in [0.05, 0.1) is 41.0 Å². The number of benzene rings is 2. The van der Waals surface area contributed by atoms with Crippen molar-refractivity contribution in [3.63, 3.8) is 0 Å². The van der Waals surface area contributed by atoms with Gasteiger partial charge in [-0.15, -0.1) is 0 Å². The van der Waals surface area contributed by atoms with E-state index in [9.17, 15) is 19.6 Å². The molecule has 3 aliphatic rings. The average Bonchev–Trinajstić information content (AvgIpc) is 3.50. The molecule has 2 fully saturated rings. The molecule has 2 aromatic carbocycles. The Morgan fingerprint density at radius 1 is 0.883 bits per heavy atom. The van der Waals surface area contributed by atoms with E-state index in [2.05, 4.69) is 58.8 Å². The van der Waals surface area contributed by atoms with Gasteiger partial charge in [-0.25, -0.2) is 14.9 Å². The quantitative estimate of drug-likeness (QED) is 0.106. The third-order valence-electron chi connectivity index (χ3n) is 11.8. The summed E-state index contributed by atoms with van der Waals surface area (Å²) in [5, 5.41) is 21.9. The number of aromatic nitrogens is 2. The molecule has 310 valence electrons. The molecule has 4 aromatic rings. The Kier molecular flexibility index (Phi) is 12.0. The van der Waals surface area contributed by atoms with Gasteiger partial charge in [0.2, 0.25) is 5.88 Å². The van der Waals surface area contributed by atoms with Crippen LogP contribution in [0, 0.1) is 33.5 Å². The molecule has 0 bridgehead atoms. The molecule has 2 aromatic heterocycles. The number of hydrogen-bond donors (Lipinski definition) is 1. The second-order valence-corrected chi connectivity index (χ2v) is 16.8. The van der Waals surface area contributed by atoms with Crippen LogP contribution in [0.15, 0.2) is 66.9 Å². The minimum atomic E-state index is -0.506. The van der Waals surface area contributed by atoms with Gasteiger partial charge in [-0.2, -0.15) is 10.5 Å². The van der Waals surface area contributed by atoms with Crippen LogP contribution in [-0.2, 0) is 0 Å². The summed E-state index contributed by atoms with van der Waals surface area (Å²) in [6.45, 7) is 13.3. The number of rotatable bonds is 14. The van der Waals surface area contributed by atoms with Gasteiger partial charge in [0.25, 0.3) is 17.7 Å². The normalized spacial score (nSPS) is 19.1. The van der Waals surface area contributed by atoms with Crippen molar-refractivity contribution in [2.45, 2.75) is 59.1 Å². The number of methoxy groups -OCH3 is 1. The molecule has 15 heteroatoms. The maximum absolute atomic E-state index is 13.4. The van der Waals surface area contributed by atoms with Crippen LogP contribution >= 0.6 is 11.6 Å². The van der Waals surface area contributed by atoms with Gasteiger partial charge < -0.3 is 24.4 Å². The number of amides is 3. The number of halogens is 1. The Bertz CT molecular complexity index is 2370. The van der Waals surface area contributed by atoms with Crippen LogP contribution in [-0.4, -0.2) is 91.2 Å². The highest BCUT2D eigenvalue weighted by atomic mass is 35.5. The minimum Gasteiger partial charge on any atom is -0.494 e. The number of imide groups is 1. The number of carbonyl (C=O) groups is 3. The van der Waals surface area contributed by atoms with Gasteiger partial charge in [-0.1, -0.05) is 39.3 Å². The van der Waals surface area contributed by atoms with E-state index in [0.29, 0.717) is 34.3 Å². The van der Waals surface area contributed by atoms with Crippen LogP contribution in [0.3, 0.4) is 0 Å². The first-order valence-electron chi connectivity index (χ1n) is 20.0. The second kappa shape index (κ2) is 17.2. The number of ether oxygens (including phenoxy) is 3. The Morgan fingerprint density at radius 2 is 1.62 bits per heavy atom. The lowest BCUT2D eigenvalue weighted by Gasteiger charge is -2.63. The number of anilines is 2. The first-order chi connectivity index (χ1) is 28.8. The van der Waals surface area contributed by atoms with Crippen molar-refractivity contribution in [2.75, 3.05) is 56.2 Å². The fourth-order valence-electron chi connectivity index (χ4n) is 8.87. The molecular weight excluding hydrogens is 784 g/mol. The number of nitrogens with one attached hydrogen (secondary N) is 1. The molecule has 1 N–H and O–H groups in total. The molecular formula is C45H47ClN8O6. The van der Waals surface area contributed by atoms with Crippen LogP contribution in [0.25, 0.3) is 0 Å². The molecule has 0 atom stereocenters. The van der Waals surface area contributed by atoms with E-state index in [1.807, 2.05) is 18.2 Å². The Morgan fingerprint density at radius 3 is 2.28 bits per heavy atom. The summed E-state index contributed by atoms with van der Waals surface area (Å²) in [5.41, 5.74) is 0.945. The van der Waals surface area contributed by atoms with E-state index in [-0.39, 0.29) is 57.3 Å². The topological polar surface area (TPSA) is 174 Å². The van der Waals surface area contributed by atoms with Crippen molar-refractivity contribution in [1.82, 2.24) is 20.2 Å². The average molecular weight is 831 g/mol. The summed E-state index contributed by atoms with van der Waals surface area (Å²) >= 11 is 6.24. The van der Waals surface area contributed by atoms with Crippen molar-refractivity contribution in [3.05, 3.63) is 99.8 Å². The first kappa shape index (κ1) is 41.9. The highest BCUT2D eigenvalue weighted by molar-refractivity contribution is 6.35.